The highest BCUT2D eigenvalue weighted by molar-refractivity contribution is 5.86. The molecule has 1 aromatic heterocycles. The van der Waals surface area contributed by atoms with E-state index in [1.807, 2.05) is 0 Å². The number of aliphatic hydroxyl groups excluding tert-OH is 1. The minimum absolute atomic E-state index is 0.00939. The Labute approximate surface area is 179 Å². The molecule has 4 N–H and O–H groups in total. The van der Waals surface area contributed by atoms with E-state index in [0.717, 1.165) is 25.7 Å². The van der Waals surface area contributed by atoms with Crippen LogP contribution in [0.5, 0.6) is 0 Å². The molecule has 0 spiro atoms. The summed E-state index contributed by atoms with van der Waals surface area (Å²) in [4.78, 5) is 27.7. The Morgan fingerprint density at radius 3 is 2.39 bits per heavy atom. The van der Waals surface area contributed by atoms with E-state index in [2.05, 4.69) is 10.3 Å². The highest BCUT2D eigenvalue weighted by atomic mass is 19.1. The van der Waals surface area contributed by atoms with E-state index in [-0.39, 0.29) is 17.0 Å². The quantitative estimate of drug-likeness (QED) is 0.589. The maximum absolute atomic E-state index is 16.0. The van der Waals surface area contributed by atoms with E-state index in [0.29, 0.717) is 49.0 Å². The number of H-pyrrole nitrogens is 1. The molecule has 5 rings (SSSR count). The minimum atomic E-state index is -1.27. The van der Waals surface area contributed by atoms with Gasteiger partial charge in [-0.25, -0.2) is 9.18 Å². The smallest absolute Gasteiger partial charge is 0.329 e. The van der Waals surface area contributed by atoms with E-state index in [4.69, 9.17) is 0 Å². The monoisotopic (exact) mass is 431 g/mol. The van der Waals surface area contributed by atoms with Crippen LogP contribution < -0.4 is 16.6 Å². The zero-order valence-electron chi connectivity index (χ0n) is 18.1. The summed E-state index contributed by atoms with van der Waals surface area (Å²) in [5.41, 5.74) is -1.88. The van der Waals surface area contributed by atoms with Crippen LogP contribution in [0.2, 0.25) is 0 Å². The number of rotatable bonds is 4. The van der Waals surface area contributed by atoms with E-state index >= 15 is 4.39 Å². The summed E-state index contributed by atoms with van der Waals surface area (Å²) in [5, 5.41) is 26.2. The summed E-state index contributed by atoms with van der Waals surface area (Å²) in [7, 11) is 0. The summed E-state index contributed by atoms with van der Waals surface area (Å²) in [5.74, 6) is -0.527. The summed E-state index contributed by atoms with van der Waals surface area (Å²) in [6.45, 7) is 4.22. The molecule has 1 saturated heterocycles. The van der Waals surface area contributed by atoms with Crippen molar-refractivity contribution in [2.24, 2.45) is 0 Å². The molecule has 8 heteroatoms. The van der Waals surface area contributed by atoms with E-state index in [1.54, 1.807) is 18.4 Å². The van der Waals surface area contributed by atoms with Crippen LogP contribution in [-0.4, -0.2) is 44.6 Å². The third kappa shape index (κ3) is 2.88. The highest BCUT2D eigenvalue weighted by Gasteiger charge is 2.54. The number of aliphatic hydroxyl groups is 2. The average Bonchev–Trinajstić information content (AvgIpc) is 3.26. The molecule has 0 bridgehead atoms. The maximum atomic E-state index is 16.0. The van der Waals surface area contributed by atoms with Crippen LogP contribution in [0.1, 0.15) is 67.7 Å². The van der Waals surface area contributed by atoms with Crippen molar-refractivity contribution < 1.29 is 14.6 Å². The lowest BCUT2D eigenvalue weighted by molar-refractivity contribution is -0.104. The van der Waals surface area contributed by atoms with Crippen LogP contribution in [0.4, 0.5) is 4.39 Å². The number of aryl methyl sites for hydroxylation is 2. The van der Waals surface area contributed by atoms with Crippen molar-refractivity contribution in [2.75, 3.05) is 13.1 Å². The molecule has 1 aliphatic heterocycles. The Kier molecular flexibility index (Phi) is 4.70. The molecule has 7 nitrogen and oxygen atoms in total. The Morgan fingerprint density at radius 2 is 1.81 bits per heavy atom. The van der Waals surface area contributed by atoms with Crippen molar-refractivity contribution in [3.63, 3.8) is 0 Å². The molecular formula is C23H30FN3O4. The Bertz CT molecular complexity index is 1170. The SMILES string of the molecule is Cc1c(F)c(C2(C(O)C3(O)CCCC3)CCNC2)c(C)c2c1c(=O)[nH]c(=O)n2C1CC1. The first-order valence-electron chi connectivity index (χ1n) is 11.3. The van der Waals surface area contributed by atoms with Crippen LogP contribution >= 0.6 is 0 Å². The first-order chi connectivity index (χ1) is 14.7. The molecule has 1 aromatic carbocycles. The van der Waals surface area contributed by atoms with Crippen LogP contribution in [0, 0.1) is 19.7 Å². The molecular weight excluding hydrogens is 401 g/mol. The van der Waals surface area contributed by atoms with E-state index in [9.17, 15) is 19.8 Å². The fourth-order valence-corrected chi connectivity index (χ4v) is 6.19. The molecule has 168 valence electrons. The largest absolute Gasteiger partial charge is 0.389 e. The summed E-state index contributed by atoms with van der Waals surface area (Å²) < 4.78 is 17.6. The summed E-state index contributed by atoms with van der Waals surface area (Å²) in [6, 6.07) is -0.00939. The summed E-state index contributed by atoms with van der Waals surface area (Å²) >= 11 is 0. The number of aromatic nitrogens is 2. The fraction of sp³-hybridized carbons (Fsp3) is 0.652. The number of aromatic amines is 1. The zero-order valence-corrected chi connectivity index (χ0v) is 18.1. The predicted molar refractivity (Wildman–Crippen MR) is 115 cm³/mol. The zero-order chi connectivity index (χ0) is 22.1. The molecule has 2 saturated carbocycles. The number of nitrogens with zero attached hydrogens (tertiary/aromatic N) is 1. The Balaban J connectivity index is 1.85. The second-order valence-electron chi connectivity index (χ2n) is 9.82. The van der Waals surface area contributed by atoms with Gasteiger partial charge in [-0.3, -0.25) is 14.3 Å². The molecule has 0 radical (unpaired) electrons. The number of hydrogen-bond donors (Lipinski definition) is 4. The molecule has 3 fully saturated rings. The lowest BCUT2D eigenvalue weighted by Gasteiger charge is -2.43. The molecule has 2 aliphatic carbocycles. The van der Waals surface area contributed by atoms with Crippen molar-refractivity contribution >= 4 is 10.9 Å². The first-order valence-corrected chi connectivity index (χ1v) is 11.3. The normalized spacial score (nSPS) is 26.6. The molecule has 0 amide bonds. The number of nitrogens with one attached hydrogen (secondary N) is 2. The standard InChI is InChI=1S/C23H30FN3O4/c1-12-15-18(27(14-5-6-14)21(30)26-19(15)28)13(2)16(17(12)24)22(9-10-25-11-22)20(29)23(31)7-3-4-8-23/h14,20,25,29,31H,3-11H2,1-2H3,(H,26,28,30). The number of hydrogen-bond acceptors (Lipinski definition) is 5. The van der Waals surface area contributed by atoms with Gasteiger partial charge in [-0.05, 0) is 63.6 Å². The summed E-state index contributed by atoms with van der Waals surface area (Å²) in [6.07, 6.45) is 3.60. The average molecular weight is 432 g/mol. The molecule has 2 unspecified atom stereocenters. The third-order valence-corrected chi connectivity index (χ3v) is 7.90. The molecule has 2 atom stereocenters. The van der Waals surface area contributed by atoms with Crippen molar-refractivity contribution in [2.45, 2.75) is 82.0 Å². The van der Waals surface area contributed by atoms with Gasteiger partial charge >= 0.3 is 5.69 Å². The van der Waals surface area contributed by atoms with Crippen LogP contribution in [-0.2, 0) is 5.41 Å². The Hall–Kier alpha value is -2.03. The van der Waals surface area contributed by atoms with Crippen molar-refractivity contribution in [1.29, 1.82) is 0 Å². The minimum Gasteiger partial charge on any atom is -0.389 e. The van der Waals surface area contributed by atoms with Gasteiger partial charge in [0.15, 0.2) is 0 Å². The van der Waals surface area contributed by atoms with Crippen molar-refractivity contribution in [3.05, 3.63) is 43.3 Å². The van der Waals surface area contributed by atoms with Gasteiger partial charge in [0.1, 0.15) is 5.82 Å². The van der Waals surface area contributed by atoms with Crippen molar-refractivity contribution in [1.82, 2.24) is 14.9 Å². The van der Waals surface area contributed by atoms with Gasteiger partial charge in [-0.1, -0.05) is 12.8 Å². The Morgan fingerprint density at radius 1 is 1.13 bits per heavy atom. The fourth-order valence-electron chi connectivity index (χ4n) is 6.19. The topological polar surface area (TPSA) is 107 Å². The number of fused-ring (bicyclic) bond motifs is 1. The van der Waals surface area contributed by atoms with E-state index < -0.39 is 34.2 Å². The number of halogens is 1. The lowest BCUT2D eigenvalue weighted by Crippen LogP contribution is -2.55. The van der Waals surface area contributed by atoms with Gasteiger partial charge in [0.25, 0.3) is 5.56 Å². The predicted octanol–water partition coefficient (Wildman–Crippen LogP) is 1.68. The van der Waals surface area contributed by atoms with Gasteiger partial charge in [-0.15, -0.1) is 0 Å². The van der Waals surface area contributed by atoms with Crippen LogP contribution in [0.25, 0.3) is 10.9 Å². The maximum Gasteiger partial charge on any atom is 0.329 e. The van der Waals surface area contributed by atoms with Crippen molar-refractivity contribution in [3.8, 4) is 0 Å². The van der Waals surface area contributed by atoms with Gasteiger partial charge < -0.3 is 15.5 Å². The lowest BCUT2D eigenvalue weighted by atomic mass is 9.66. The van der Waals surface area contributed by atoms with Gasteiger partial charge in [0, 0.05) is 23.6 Å². The third-order valence-electron chi connectivity index (χ3n) is 7.90. The second kappa shape index (κ2) is 6.98. The molecule has 3 aliphatic rings. The second-order valence-corrected chi connectivity index (χ2v) is 9.82. The molecule has 2 heterocycles. The van der Waals surface area contributed by atoms with Gasteiger partial charge in [0.05, 0.1) is 22.6 Å². The number of benzene rings is 1. The van der Waals surface area contributed by atoms with Gasteiger partial charge in [0.2, 0.25) is 0 Å². The van der Waals surface area contributed by atoms with Crippen LogP contribution in [0.3, 0.4) is 0 Å². The highest BCUT2D eigenvalue weighted by Crippen LogP contribution is 2.48. The molecule has 31 heavy (non-hydrogen) atoms. The first kappa shape index (κ1) is 20.8. The molecule has 2 aromatic rings. The van der Waals surface area contributed by atoms with E-state index in [1.165, 1.54) is 0 Å². The van der Waals surface area contributed by atoms with Gasteiger partial charge in [-0.2, -0.15) is 0 Å². The van der Waals surface area contributed by atoms with Crippen LogP contribution in [0.15, 0.2) is 9.59 Å².